The zero-order chi connectivity index (χ0) is 16.8. The quantitative estimate of drug-likeness (QED) is 0.702. The third kappa shape index (κ3) is 4.20. The number of amides is 1. The first-order valence-electron chi connectivity index (χ1n) is 7.66. The lowest BCUT2D eigenvalue weighted by molar-refractivity contribution is 0.0954. The average Bonchev–Trinajstić information content (AvgIpc) is 3.03. The van der Waals surface area contributed by atoms with E-state index in [1.807, 2.05) is 24.4 Å². The summed E-state index contributed by atoms with van der Waals surface area (Å²) in [6, 6.07) is 13.4. The van der Waals surface area contributed by atoms with E-state index < -0.39 is 0 Å². The summed E-state index contributed by atoms with van der Waals surface area (Å²) in [7, 11) is 0. The van der Waals surface area contributed by atoms with Gasteiger partial charge in [-0.1, -0.05) is 41.9 Å². The number of pyridine rings is 1. The van der Waals surface area contributed by atoms with Crippen LogP contribution in [0.3, 0.4) is 0 Å². The number of imidazole rings is 1. The fourth-order valence-corrected chi connectivity index (χ4v) is 2.60. The molecule has 0 aliphatic carbocycles. The lowest BCUT2D eigenvalue weighted by atomic mass is 10.2. The first-order valence-corrected chi connectivity index (χ1v) is 8.04. The molecule has 1 amide bonds. The molecule has 3 aromatic rings. The number of rotatable bonds is 6. The van der Waals surface area contributed by atoms with Gasteiger partial charge < -0.3 is 9.88 Å². The Morgan fingerprint density at radius 3 is 2.75 bits per heavy atom. The van der Waals surface area contributed by atoms with E-state index in [4.69, 9.17) is 11.6 Å². The maximum Gasteiger partial charge on any atom is 0.251 e. The van der Waals surface area contributed by atoms with Crippen LogP contribution in [0.1, 0.15) is 21.7 Å². The first kappa shape index (κ1) is 16.2. The van der Waals surface area contributed by atoms with Crippen LogP contribution in [0.15, 0.2) is 61.1 Å². The molecule has 2 heterocycles. The molecule has 5 nitrogen and oxygen atoms in total. The maximum atomic E-state index is 12.1. The molecule has 0 saturated heterocycles. The van der Waals surface area contributed by atoms with Gasteiger partial charge in [-0.3, -0.25) is 4.79 Å². The highest BCUT2D eigenvalue weighted by atomic mass is 35.5. The smallest absolute Gasteiger partial charge is 0.251 e. The minimum absolute atomic E-state index is 0.166. The monoisotopic (exact) mass is 340 g/mol. The van der Waals surface area contributed by atoms with Gasteiger partial charge in [0, 0.05) is 43.7 Å². The summed E-state index contributed by atoms with van der Waals surface area (Å²) in [5, 5.41) is 3.18. The molecular weight excluding hydrogens is 324 g/mol. The van der Waals surface area contributed by atoms with E-state index in [1.165, 1.54) is 11.8 Å². The SMILES string of the molecule is O=C(NCCc1nccn1Cc1ccccc1)c1ccnc(Cl)c1. The minimum Gasteiger partial charge on any atom is -0.352 e. The summed E-state index contributed by atoms with van der Waals surface area (Å²) in [5.41, 5.74) is 1.72. The summed E-state index contributed by atoms with van der Waals surface area (Å²) in [5.74, 6) is 0.771. The van der Waals surface area contributed by atoms with E-state index in [9.17, 15) is 4.79 Å². The summed E-state index contributed by atoms with van der Waals surface area (Å²) in [4.78, 5) is 20.3. The molecule has 0 atom stereocenters. The molecule has 1 aromatic carbocycles. The van der Waals surface area contributed by atoms with Crippen molar-refractivity contribution in [3.05, 3.63) is 83.2 Å². The molecule has 0 bridgehead atoms. The molecule has 2 aromatic heterocycles. The van der Waals surface area contributed by atoms with E-state index in [0.29, 0.717) is 23.7 Å². The number of carbonyl (C=O) groups excluding carboxylic acids is 1. The third-order valence-electron chi connectivity index (χ3n) is 3.62. The van der Waals surface area contributed by atoms with Crippen LogP contribution in [0.25, 0.3) is 0 Å². The van der Waals surface area contributed by atoms with Gasteiger partial charge in [0.15, 0.2) is 0 Å². The Morgan fingerprint density at radius 1 is 1.12 bits per heavy atom. The number of hydrogen-bond donors (Lipinski definition) is 1. The van der Waals surface area contributed by atoms with Crippen molar-refractivity contribution in [2.75, 3.05) is 6.54 Å². The van der Waals surface area contributed by atoms with E-state index in [0.717, 1.165) is 12.4 Å². The molecule has 122 valence electrons. The average molecular weight is 341 g/mol. The Kier molecular flexibility index (Phi) is 5.23. The molecular formula is C18H17ClN4O. The van der Waals surface area contributed by atoms with E-state index in [-0.39, 0.29) is 5.91 Å². The normalized spacial score (nSPS) is 10.5. The van der Waals surface area contributed by atoms with Crippen LogP contribution in [0, 0.1) is 0 Å². The summed E-state index contributed by atoms with van der Waals surface area (Å²) >= 11 is 5.80. The predicted octanol–water partition coefficient (Wildman–Crippen LogP) is 2.95. The summed E-state index contributed by atoms with van der Waals surface area (Å²) < 4.78 is 2.09. The molecule has 24 heavy (non-hydrogen) atoms. The predicted molar refractivity (Wildman–Crippen MR) is 93.1 cm³/mol. The molecule has 0 aliphatic heterocycles. The highest BCUT2D eigenvalue weighted by Crippen LogP contribution is 2.08. The van der Waals surface area contributed by atoms with Crippen LogP contribution >= 0.6 is 11.6 Å². The Balaban J connectivity index is 1.56. The fourth-order valence-electron chi connectivity index (χ4n) is 2.43. The van der Waals surface area contributed by atoms with Crippen LogP contribution in [0.2, 0.25) is 5.15 Å². The molecule has 0 radical (unpaired) electrons. The van der Waals surface area contributed by atoms with Crippen LogP contribution in [-0.4, -0.2) is 27.0 Å². The third-order valence-corrected chi connectivity index (χ3v) is 3.83. The van der Waals surface area contributed by atoms with Crippen LogP contribution < -0.4 is 5.32 Å². The lowest BCUT2D eigenvalue weighted by Crippen LogP contribution is -2.26. The Hall–Kier alpha value is -2.66. The minimum atomic E-state index is -0.166. The van der Waals surface area contributed by atoms with Crippen molar-refractivity contribution < 1.29 is 4.79 Å². The second kappa shape index (κ2) is 7.75. The van der Waals surface area contributed by atoms with Gasteiger partial charge in [0.05, 0.1) is 0 Å². The molecule has 0 spiro atoms. The number of benzene rings is 1. The number of nitrogens with zero attached hydrogens (tertiary/aromatic N) is 3. The van der Waals surface area contributed by atoms with Gasteiger partial charge >= 0.3 is 0 Å². The highest BCUT2D eigenvalue weighted by Gasteiger charge is 2.08. The van der Waals surface area contributed by atoms with Gasteiger partial charge in [-0.05, 0) is 17.7 Å². The van der Waals surface area contributed by atoms with Gasteiger partial charge in [-0.15, -0.1) is 0 Å². The summed E-state index contributed by atoms with van der Waals surface area (Å²) in [6.45, 7) is 1.27. The standard InChI is InChI=1S/C18H17ClN4O/c19-16-12-15(6-8-20-16)18(24)22-9-7-17-21-10-11-23(17)13-14-4-2-1-3-5-14/h1-6,8,10-12H,7,9,13H2,(H,22,24). The van der Waals surface area contributed by atoms with Crippen molar-refractivity contribution in [2.45, 2.75) is 13.0 Å². The Bertz CT molecular complexity index is 817. The van der Waals surface area contributed by atoms with Crippen LogP contribution in [0.4, 0.5) is 0 Å². The molecule has 0 unspecified atom stereocenters. The van der Waals surface area contributed by atoms with Gasteiger partial charge in [0.25, 0.3) is 5.91 Å². The van der Waals surface area contributed by atoms with Crippen LogP contribution in [0.5, 0.6) is 0 Å². The number of hydrogen-bond acceptors (Lipinski definition) is 3. The molecule has 0 aliphatic rings. The van der Waals surface area contributed by atoms with Crippen molar-refractivity contribution in [1.29, 1.82) is 0 Å². The highest BCUT2D eigenvalue weighted by molar-refractivity contribution is 6.29. The largest absolute Gasteiger partial charge is 0.352 e. The van der Waals surface area contributed by atoms with Crippen molar-refractivity contribution in [3.8, 4) is 0 Å². The Labute approximate surface area is 145 Å². The lowest BCUT2D eigenvalue weighted by Gasteiger charge is -2.09. The Morgan fingerprint density at radius 2 is 1.96 bits per heavy atom. The van der Waals surface area contributed by atoms with E-state index in [2.05, 4.69) is 32.0 Å². The molecule has 6 heteroatoms. The number of carbonyl (C=O) groups is 1. The van der Waals surface area contributed by atoms with Crippen molar-refractivity contribution >= 4 is 17.5 Å². The second-order valence-corrected chi connectivity index (χ2v) is 5.72. The molecule has 3 rings (SSSR count). The molecule has 0 saturated carbocycles. The van der Waals surface area contributed by atoms with Crippen molar-refractivity contribution in [1.82, 2.24) is 19.9 Å². The van der Waals surface area contributed by atoms with Crippen molar-refractivity contribution in [2.24, 2.45) is 0 Å². The molecule has 0 fully saturated rings. The number of nitrogens with one attached hydrogen (secondary N) is 1. The molecule has 1 N–H and O–H groups in total. The number of halogens is 1. The first-order chi connectivity index (χ1) is 11.7. The fraction of sp³-hybridized carbons (Fsp3) is 0.167. The van der Waals surface area contributed by atoms with Gasteiger partial charge in [-0.2, -0.15) is 0 Å². The number of aromatic nitrogens is 3. The van der Waals surface area contributed by atoms with Gasteiger partial charge in [0.1, 0.15) is 11.0 Å². The van der Waals surface area contributed by atoms with E-state index >= 15 is 0 Å². The topological polar surface area (TPSA) is 59.8 Å². The zero-order valence-electron chi connectivity index (χ0n) is 13.0. The maximum absolute atomic E-state index is 12.1. The zero-order valence-corrected chi connectivity index (χ0v) is 13.8. The second-order valence-electron chi connectivity index (χ2n) is 5.33. The van der Waals surface area contributed by atoms with E-state index in [1.54, 1.807) is 18.3 Å². The summed E-state index contributed by atoms with van der Waals surface area (Å²) in [6.07, 6.45) is 5.91. The van der Waals surface area contributed by atoms with Crippen LogP contribution in [-0.2, 0) is 13.0 Å². The van der Waals surface area contributed by atoms with Gasteiger partial charge in [-0.25, -0.2) is 9.97 Å². The van der Waals surface area contributed by atoms with Gasteiger partial charge in [0.2, 0.25) is 0 Å². The van der Waals surface area contributed by atoms with Crippen molar-refractivity contribution in [3.63, 3.8) is 0 Å².